The monoisotopic (exact) mass is 263 g/mol. The molecule has 0 unspecified atom stereocenters. The van der Waals surface area contributed by atoms with E-state index in [4.69, 9.17) is 5.73 Å². The third kappa shape index (κ3) is 3.59. The number of hydrogen-bond acceptors (Lipinski definition) is 6. The Morgan fingerprint density at radius 3 is 2.72 bits per heavy atom. The van der Waals surface area contributed by atoms with E-state index < -0.39 is 0 Å². The van der Waals surface area contributed by atoms with Crippen LogP contribution in [0.2, 0.25) is 0 Å². The number of nitrogen functional groups attached to an aromatic ring is 1. The van der Waals surface area contributed by atoms with E-state index in [0.29, 0.717) is 0 Å². The number of aromatic nitrogens is 2. The summed E-state index contributed by atoms with van der Waals surface area (Å²) in [6.45, 7) is 3.66. The first kappa shape index (κ1) is 12.6. The fourth-order valence-electron chi connectivity index (χ4n) is 1.60. The standard InChI is InChI=1S/C12H17N5S/c1-2-14-10-7-11(17-12(13)16-10)15-5-3-9-4-6-18-8-9/h4,6-8H,2-3,5H2,1H3,(H4,13,14,15,16,17). The fraction of sp³-hybridized carbons (Fsp3) is 0.333. The lowest BCUT2D eigenvalue weighted by atomic mass is 10.2. The van der Waals surface area contributed by atoms with Gasteiger partial charge in [-0.25, -0.2) is 0 Å². The predicted molar refractivity (Wildman–Crippen MR) is 77.1 cm³/mol. The van der Waals surface area contributed by atoms with Crippen LogP contribution < -0.4 is 16.4 Å². The molecule has 0 fully saturated rings. The Kier molecular flexibility index (Phi) is 4.35. The third-order valence-corrected chi connectivity index (χ3v) is 3.13. The molecule has 4 N–H and O–H groups in total. The van der Waals surface area contributed by atoms with Gasteiger partial charge in [0.05, 0.1) is 0 Å². The average Bonchev–Trinajstić information content (AvgIpc) is 2.82. The summed E-state index contributed by atoms with van der Waals surface area (Å²) in [5, 5.41) is 10.6. The van der Waals surface area contributed by atoms with Crippen molar-refractivity contribution < 1.29 is 0 Å². The lowest BCUT2D eigenvalue weighted by Gasteiger charge is -2.08. The van der Waals surface area contributed by atoms with Crippen LogP contribution in [0, 0.1) is 0 Å². The first-order chi connectivity index (χ1) is 8.78. The Bertz CT molecular complexity index is 483. The highest BCUT2D eigenvalue weighted by Crippen LogP contribution is 2.13. The number of nitrogens with two attached hydrogens (primary N) is 1. The molecule has 2 heterocycles. The van der Waals surface area contributed by atoms with Gasteiger partial charge in [-0.05, 0) is 35.7 Å². The van der Waals surface area contributed by atoms with Gasteiger partial charge in [0, 0.05) is 19.2 Å². The molecule has 0 aliphatic rings. The summed E-state index contributed by atoms with van der Waals surface area (Å²) in [7, 11) is 0. The number of nitrogens with one attached hydrogen (secondary N) is 2. The van der Waals surface area contributed by atoms with Crippen molar-refractivity contribution in [1.29, 1.82) is 0 Å². The summed E-state index contributed by atoms with van der Waals surface area (Å²) in [5.74, 6) is 1.79. The van der Waals surface area contributed by atoms with Crippen molar-refractivity contribution in [2.75, 3.05) is 29.5 Å². The van der Waals surface area contributed by atoms with Crippen molar-refractivity contribution in [2.45, 2.75) is 13.3 Å². The van der Waals surface area contributed by atoms with Crippen LogP contribution in [0.25, 0.3) is 0 Å². The number of thiophene rings is 1. The van der Waals surface area contributed by atoms with Crippen molar-refractivity contribution in [2.24, 2.45) is 0 Å². The molecule has 0 saturated heterocycles. The van der Waals surface area contributed by atoms with Crippen LogP contribution in [0.4, 0.5) is 17.6 Å². The van der Waals surface area contributed by atoms with Crippen molar-refractivity contribution in [3.63, 3.8) is 0 Å². The van der Waals surface area contributed by atoms with E-state index in [1.54, 1.807) is 11.3 Å². The highest BCUT2D eigenvalue weighted by molar-refractivity contribution is 7.07. The molecular weight excluding hydrogens is 246 g/mol. The molecule has 5 nitrogen and oxygen atoms in total. The average molecular weight is 263 g/mol. The highest BCUT2D eigenvalue weighted by atomic mass is 32.1. The number of anilines is 3. The minimum atomic E-state index is 0.284. The van der Waals surface area contributed by atoms with Gasteiger partial charge in [0.15, 0.2) is 0 Å². The first-order valence-corrected chi connectivity index (χ1v) is 6.85. The quantitative estimate of drug-likeness (QED) is 0.745. The minimum Gasteiger partial charge on any atom is -0.370 e. The van der Waals surface area contributed by atoms with Crippen LogP contribution in [-0.2, 0) is 6.42 Å². The summed E-state index contributed by atoms with van der Waals surface area (Å²) < 4.78 is 0. The van der Waals surface area contributed by atoms with E-state index in [1.165, 1.54) is 5.56 Å². The summed E-state index contributed by atoms with van der Waals surface area (Å²) in [6.07, 6.45) is 0.976. The number of rotatable bonds is 6. The SMILES string of the molecule is CCNc1cc(NCCc2ccsc2)nc(N)n1. The molecular formula is C12H17N5S. The van der Waals surface area contributed by atoms with E-state index in [0.717, 1.165) is 31.1 Å². The maximum atomic E-state index is 5.66. The Labute approximate surface area is 110 Å². The maximum Gasteiger partial charge on any atom is 0.223 e. The van der Waals surface area contributed by atoms with Crippen molar-refractivity contribution in [3.05, 3.63) is 28.5 Å². The second-order valence-corrected chi connectivity index (χ2v) is 4.62. The highest BCUT2D eigenvalue weighted by Gasteiger charge is 2.01. The van der Waals surface area contributed by atoms with Gasteiger partial charge in [0.25, 0.3) is 0 Å². The van der Waals surface area contributed by atoms with Crippen LogP contribution in [0.5, 0.6) is 0 Å². The van der Waals surface area contributed by atoms with Gasteiger partial charge in [-0.3, -0.25) is 0 Å². The van der Waals surface area contributed by atoms with Crippen molar-refractivity contribution in [1.82, 2.24) is 9.97 Å². The lowest BCUT2D eigenvalue weighted by molar-refractivity contribution is 1.01. The Balaban J connectivity index is 1.92. The number of hydrogen-bond donors (Lipinski definition) is 3. The van der Waals surface area contributed by atoms with Gasteiger partial charge in [-0.1, -0.05) is 0 Å². The van der Waals surface area contributed by atoms with E-state index in [9.17, 15) is 0 Å². The van der Waals surface area contributed by atoms with Gasteiger partial charge in [0.1, 0.15) is 11.6 Å². The lowest BCUT2D eigenvalue weighted by Crippen LogP contribution is -2.09. The van der Waals surface area contributed by atoms with E-state index in [2.05, 4.69) is 37.4 Å². The van der Waals surface area contributed by atoms with Crippen molar-refractivity contribution >= 4 is 28.9 Å². The molecule has 0 aromatic carbocycles. The molecule has 2 rings (SSSR count). The zero-order chi connectivity index (χ0) is 12.8. The van der Waals surface area contributed by atoms with Gasteiger partial charge in [0.2, 0.25) is 5.95 Å². The van der Waals surface area contributed by atoms with Gasteiger partial charge in [-0.15, -0.1) is 0 Å². The minimum absolute atomic E-state index is 0.284. The second-order valence-electron chi connectivity index (χ2n) is 3.84. The number of nitrogens with zero attached hydrogens (tertiary/aromatic N) is 2. The Morgan fingerprint density at radius 2 is 2.06 bits per heavy atom. The molecule has 6 heteroatoms. The van der Waals surface area contributed by atoms with Gasteiger partial charge >= 0.3 is 0 Å². The first-order valence-electron chi connectivity index (χ1n) is 5.91. The largest absolute Gasteiger partial charge is 0.370 e. The van der Waals surface area contributed by atoms with Crippen molar-refractivity contribution in [3.8, 4) is 0 Å². The zero-order valence-electron chi connectivity index (χ0n) is 10.3. The smallest absolute Gasteiger partial charge is 0.223 e. The molecule has 0 aliphatic heterocycles. The Morgan fingerprint density at radius 1 is 1.28 bits per heavy atom. The zero-order valence-corrected chi connectivity index (χ0v) is 11.1. The molecule has 0 bridgehead atoms. The summed E-state index contributed by atoms with van der Waals surface area (Å²) in [4.78, 5) is 8.25. The molecule has 2 aromatic rings. The summed E-state index contributed by atoms with van der Waals surface area (Å²) in [5.41, 5.74) is 6.99. The third-order valence-electron chi connectivity index (χ3n) is 2.40. The Hall–Kier alpha value is -1.82. The predicted octanol–water partition coefficient (Wildman–Crippen LogP) is 2.21. The van der Waals surface area contributed by atoms with Crippen LogP contribution in [-0.4, -0.2) is 23.1 Å². The van der Waals surface area contributed by atoms with Gasteiger partial charge in [-0.2, -0.15) is 21.3 Å². The normalized spacial score (nSPS) is 10.3. The summed E-state index contributed by atoms with van der Waals surface area (Å²) >= 11 is 1.71. The van der Waals surface area contributed by atoms with E-state index in [1.807, 2.05) is 13.0 Å². The van der Waals surface area contributed by atoms with E-state index in [-0.39, 0.29) is 5.95 Å². The van der Waals surface area contributed by atoms with Crippen LogP contribution in [0.15, 0.2) is 22.9 Å². The molecule has 0 aliphatic carbocycles. The molecule has 96 valence electrons. The summed E-state index contributed by atoms with van der Waals surface area (Å²) in [6, 6.07) is 4.00. The van der Waals surface area contributed by atoms with Gasteiger partial charge < -0.3 is 16.4 Å². The fourth-order valence-corrected chi connectivity index (χ4v) is 2.30. The van der Waals surface area contributed by atoms with E-state index >= 15 is 0 Å². The topological polar surface area (TPSA) is 75.9 Å². The second kappa shape index (κ2) is 6.20. The van der Waals surface area contributed by atoms with Crippen LogP contribution in [0.3, 0.4) is 0 Å². The van der Waals surface area contributed by atoms with Crippen LogP contribution in [0.1, 0.15) is 12.5 Å². The molecule has 0 atom stereocenters. The molecule has 18 heavy (non-hydrogen) atoms. The maximum absolute atomic E-state index is 5.66. The molecule has 0 spiro atoms. The van der Waals surface area contributed by atoms with Crippen LogP contribution >= 0.6 is 11.3 Å². The molecule has 0 amide bonds. The molecule has 0 saturated carbocycles. The molecule has 2 aromatic heterocycles. The molecule has 0 radical (unpaired) electrons.